The molecule has 0 fully saturated rings. The monoisotopic (exact) mass is 274 g/mol. The van der Waals surface area contributed by atoms with E-state index in [0.29, 0.717) is 6.42 Å². The van der Waals surface area contributed by atoms with Crippen molar-refractivity contribution in [1.29, 1.82) is 0 Å². The van der Waals surface area contributed by atoms with Crippen molar-refractivity contribution in [3.05, 3.63) is 29.6 Å². The maximum Gasteiger partial charge on any atom is 0.165 e. The third-order valence-electron chi connectivity index (χ3n) is 2.54. The first-order valence-corrected chi connectivity index (χ1v) is 7.95. The highest BCUT2D eigenvalue weighted by Gasteiger charge is 2.08. The predicted molar refractivity (Wildman–Crippen MR) is 70.3 cm³/mol. The number of benzene rings is 1. The van der Waals surface area contributed by atoms with Gasteiger partial charge in [-0.05, 0) is 30.0 Å². The minimum atomic E-state index is -2.98. The van der Waals surface area contributed by atoms with Crippen LogP contribution in [0.2, 0.25) is 0 Å². The van der Waals surface area contributed by atoms with Crippen LogP contribution in [-0.2, 0) is 9.84 Å². The van der Waals surface area contributed by atoms with Crippen molar-refractivity contribution in [3.63, 3.8) is 0 Å². The average Bonchev–Trinajstić information content (AvgIpc) is 2.24. The van der Waals surface area contributed by atoms with Crippen LogP contribution in [0.1, 0.15) is 31.7 Å². The van der Waals surface area contributed by atoms with Crippen LogP contribution in [-0.4, -0.2) is 27.0 Å². The molecule has 0 saturated carbocycles. The van der Waals surface area contributed by atoms with E-state index in [2.05, 4.69) is 0 Å². The van der Waals surface area contributed by atoms with Gasteiger partial charge in [-0.1, -0.05) is 19.9 Å². The van der Waals surface area contributed by atoms with Gasteiger partial charge in [-0.15, -0.1) is 0 Å². The third kappa shape index (κ3) is 5.04. The first kappa shape index (κ1) is 15.0. The van der Waals surface area contributed by atoms with E-state index in [1.54, 1.807) is 6.07 Å². The highest BCUT2D eigenvalue weighted by molar-refractivity contribution is 7.90. The maximum absolute atomic E-state index is 13.6. The molecule has 1 aromatic rings. The standard InChI is InChI=1S/C13H19FO3S/c1-10(2)11-5-6-13(12(14)9-11)17-7-4-8-18(3,15)16/h5-6,9-10H,4,7-8H2,1-3H3. The number of hydrogen-bond donors (Lipinski definition) is 0. The second-order valence-corrected chi connectivity index (χ2v) is 6.94. The largest absolute Gasteiger partial charge is 0.490 e. The summed E-state index contributed by atoms with van der Waals surface area (Å²) in [5.74, 6) is 0.0887. The molecular weight excluding hydrogens is 255 g/mol. The lowest BCUT2D eigenvalue weighted by Crippen LogP contribution is -2.08. The molecule has 102 valence electrons. The third-order valence-corrected chi connectivity index (χ3v) is 3.57. The predicted octanol–water partition coefficient (Wildman–Crippen LogP) is 2.76. The Balaban J connectivity index is 2.53. The lowest BCUT2D eigenvalue weighted by molar-refractivity contribution is 0.301. The Bertz CT molecular complexity index is 495. The molecule has 0 heterocycles. The van der Waals surface area contributed by atoms with Gasteiger partial charge in [0.05, 0.1) is 12.4 Å². The zero-order chi connectivity index (χ0) is 13.8. The summed E-state index contributed by atoms with van der Waals surface area (Å²) in [4.78, 5) is 0. The van der Waals surface area contributed by atoms with Gasteiger partial charge in [-0.2, -0.15) is 0 Å². The molecule has 0 aromatic heterocycles. The van der Waals surface area contributed by atoms with Crippen LogP contribution in [0.3, 0.4) is 0 Å². The van der Waals surface area contributed by atoms with Crippen molar-refractivity contribution in [2.24, 2.45) is 0 Å². The summed E-state index contributed by atoms with van der Waals surface area (Å²) in [6, 6.07) is 4.86. The van der Waals surface area contributed by atoms with E-state index < -0.39 is 15.7 Å². The topological polar surface area (TPSA) is 43.4 Å². The molecular formula is C13H19FO3S. The fraction of sp³-hybridized carbons (Fsp3) is 0.538. The van der Waals surface area contributed by atoms with Crippen molar-refractivity contribution in [2.75, 3.05) is 18.6 Å². The highest BCUT2D eigenvalue weighted by Crippen LogP contribution is 2.22. The molecule has 0 atom stereocenters. The van der Waals surface area contributed by atoms with Crippen LogP contribution >= 0.6 is 0 Å². The van der Waals surface area contributed by atoms with Crippen molar-refractivity contribution in [2.45, 2.75) is 26.2 Å². The molecule has 0 radical (unpaired) electrons. The fourth-order valence-electron chi connectivity index (χ4n) is 1.50. The molecule has 18 heavy (non-hydrogen) atoms. The normalized spacial score (nSPS) is 11.8. The van der Waals surface area contributed by atoms with E-state index >= 15 is 0 Å². The van der Waals surface area contributed by atoms with Gasteiger partial charge in [0, 0.05) is 6.26 Å². The van der Waals surface area contributed by atoms with Gasteiger partial charge in [0.25, 0.3) is 0 Å². The highest BCUT2D eigenvalue weighted by atomic mass is 32.2. The van der Waals surface area contributed by atoms with Gasteiger partial charge < -0.3 is 4.74 Å². The van der Waals surface area contributed by atoms with Crippen LogP contribution in [0.25, 0.3) is 0 Å². The maximum atomic E-state index is 13.6. The summed E-state index contributed by atoms with van der Waals surface area (Å²) in [5.41, 5.74) is 0.913. The second-order valence-electron chi connectivity index (χ2n) is 4.68. The van der Waals surface area contributed by atoms with Crippen LogP contribution < -0.4 is 4.74 Å². The van der Waals surface area contributed by atoms with E-state index in [4.69, 9.17) is 4.74 Å². The number of halogens is 1. The van der Waals surface area contributed by atoms with E-state index in [1.165, 1.54) is 12.3 Å². The quantitative estimate of drug-likeness (QED) is 0.749. The van der Waals surface area contributed by atoms with Gasteiger partial charge in [-0.3, -0.25) is 0 Å². The van der Waals surface area contributed by atoms with Crippen molar-refractivity contribution < 1.29 is 17.5 Å². The van der Waals surface area contributed by atoms with Gasteiger partial charge in [0.15, 0.2) is 11.6 Å². The Morgan fingerprint density at radius 3 is 2.50 bits per heavy atom. The minimum Gasteiger partial charge on any atom is -0.490 e. The fourth-order valence-corrected chi connectivity index (χ4v) is 2.14. The van der Waals surface area contributed by atoms with Crippen LogP contribution in [0.5, 0.6) is 5.75 Å². The summed E-state index contributed by atoms with van der Waals surface area (Å²) in [7, 11) is -2.98. The number of rotatable bonds is 6. The summed E-state index contributed by atoms with van der Waals surface area (Å²) in [5, 5.41) is 0. The molecule has 0 N–H and O–H groups in total. The molecule has 1 rings (SSSR count). The van der Waals surface area contributed by atoms with Gasteiger partial charge in [0.1, 0.15) is 9.84 Å². The van der Waals surface area contributed by atoms with Crippen molar-refractivity contribution >= 4 is 9.84 Å². The van der Waals surface area contributed by atoms with E-state index in [1.807, 2.05) is 19.9 Å². The van der Waals surface area contributed by atoms with Crippen molar-refractivity contribution in [3.8, 4) is 5.75 Å². The van der Waals surface area contributed by atoms with Crippen molar-refractivity contribution in [1.82, 2.24) is 0 Å². The van der Waals surface area contributed by atoms with Crippen LogP contribution in [0.4, 0.5) is 4.39 Å². The molecule has 0 aliphatic rings. The molecule has 5 heteroatoms. The first-order valence-electron chi connectivity index (χ1n) is 5.89. The number of hydrogen-bond acceptors (Lipinski definition) is 3. The minimum absolute atomic E-state index is 0.0543. The van der Waals surface area contributed by atoms with E-state index in [-0.39, 0.29) is 24.0 Å². The SMILES string of the molecule is CC(C)c1ccc(OCCCS(C)(=O)=O)c(F)c1. The van der Waals surface area contributed by atoms with Gasteiger partial charge in [0.2, 0.25) is 0 Å². The Morgan fingerprint density at radius 2 is 2.00 bits per heavy atom. The van der Waals surface area contributed by atoms with E-state index in [0.717, 1.165) is 5.56 Å². The lowest BCUT2D eigenvalue weighted by atomic mass is 10.0. The Kier molecular flexibility index (Phi) is 5.14. The summed E-state index contributed by atoms with van der Waals surface area (Å²) in [6.45, 7) is 4.17. The Morgan fingerprint density at radius 1 is 1.33 bits per heavy atom. The first-order chi connectivity index (χ1) is 8.29. The lowest BCUT2D eigenvalue weighted by Gasteiger charge is -2.10. The summed E-state index contributed by atoms with van der Waals surface area (Å²) < 4.78 is 40.7. The molecule has 0 saturated heterocycles. The smallest absolute Gasteiger partial charge is 0.165 e. The Hall–Kier alpha value is -1.10. The molecule has 0 amide bonds. The molecule has 3 nitrogen and oxygen atoms in total. The summed E-state index contributed by atoms with van der Waals surface area (Å²) >= 11 is 0. The van der Waals surface area contributed by atoms with Gasteiger partial charge >= 0.3 is 0 Å². The Labute approximate surface area is 108 Å². The van der Waals surface area contributed by atoms with Crippen LogP contribution in [0, 0.1) is 5.82 Å². The van der Waals surface area contributed by atoms with E-state index in [9.17, 15) is 12.8 Å². The average molecular weight is 274 g/mol. The molecule has 0 aliphatic heterocycles. The zero-order valence-corrected chi connectivity index (χ0v) is 11.8. The van der Waals surface area contributed by atoms with Gasteiger partial charge in [-0.25, -0.2) is 12.8 Å². The zero-order valence-electron chi connectivity index (χ0n) is 10.9. The number of sulfone groups is 1. The molecule has 1 aromatic carbocycles. The molecule has 0 bridgehead atoms. The second kappa shape index (κ2) is 6.18. The molecule has 0 spiro atoms. The number of ether oxygens (including phenoxy) is 1. The molecule has 0 unspecified atom stereocenters. The molecule has 0 aliphatic carbocycles. The van der Waals surface area contributed by atoms with Crippen LogP contribution in [0.15, 0.2) is 18.2 Å². The summed E-state index contributed by atoms with van der Waals surface area (Å²) in [6.07, 6.45) is 1.54.